The summed E-state index contributed by atoms with van der Waals surface area (Å²) < 4.78 is 5.52. The highest BCUT2D eigenvalue weighted by atomic mass is 16.5. The molecule has 0 aliphatic rings. The fourth-order valence-corrected chi connectivity index (χ4v) is 3.60. The number of carbonyl (C=O) groups excluding carboxylic acids is 1. The zero-order valence-electron chi connectivity index (χ0n) is 20.3. The number of rotatable bonds is 9. The van der Waals surface area contributed by atoms with Gasteiger partial charge in [0.15, 0.2) is 6.61 Å². The molecule has 4 aromatic rings. The lowest BCUT2D eigenvalue weighted by Crippen LogP contribution is -2.24. The highest BCUT2D eigenvalue weighted by Crippen LogP contribution is 2.29. The lowest BCUT2D eigenvalue weighted by Gasteiger charge is -2.10. The third kappa shape index (κ3) is 6.33. The number of phenolic OH excluding ortho intramolecular Hbond substituents is 1. The molecule has 36 heavy (non-hydrogen) atoms. The molecular formula is C29H28N4O3. The van der Waals surface area contributed by atoms with Crippen molar-refractivity contribution in [1.82, 2.24) is 5.43 Å². The number of azo groups is 1. The van der Waals surface area contributed by atoms with Crippen molar-refractivity contribution < 1.29 is 14.6 Å². The van der Waals surface area contributed by atoms with Gasteiger partial charge >= 0.3 is 0 Å². The molecule has 0 unspecified atom stereocenters. The summed E-state index contributed by atoms with van der Waals surface area (Å²) in [5, 5.41) is 24.8. The SMILES string of the molecule is CC[C@@H](C)c1ccc(OCC(=O)N/N=C\c2cc(N=Nc3cccc4ccccc34)ccc2O)cc1. The second-order valence-electron chi connectivity index (χ2n) is 8.40. The number of amides is 1. The van der Waals surface area contributed by atoms with Crippen molar-refractivity contribution in [3.8, 4) is 11.5 Å². The van der Waals surface area contributed by atoms with Crippen LogP contribution in [0.3, 0.4) is 0 Å². The van der Waals surface area contributed by atoms with E-state index in [2.05, 4.69) is 34.6 Å². The van der Waals surface area contributed by atoms with Crippen LogP contribution in [-0.4, -0.2) is 23.8 Å². The van der Waals surface area contributed by atoms with Crippen LogP contribution >= 0.6 is 0 Å². The molecule has 7 heteroatoms. The second-order valence-corrected chi connectivity index (χ2v) is 8.40. The number of hydrazone groups is 1. The normalized spacial score (nSPS) is 12.3. The Morgan fingerprint density at radius 3 is 2.58 bits per heavy atom. The highest BCUT2D eigenvalue weighted by molar-refractivity contribution is 5.92. The van der Waals surface area contributed by atoms with Crippen molar-refractivity contribution >= 4 is 34.3 Å². The smallest absolute Gasteiger partial charge is 0.277 e. The number of nitrogens with one attached hydrogen (secondary N) is 1. The standard InChI is InChI=1S/C29H28N4O3/c1-3-20(2)21-11-14-25(15-12-21)36-19-29(35)33-30-18-23-17-24(13-16-28(23)34)31-32-27-10-6-8-22-7-4-5-9-26(22)27/h4-18,20,34H,3,19H2,1-2H3,(H,33,35)/b30-18-,32-31?/t20-/m1/s1. The maximum absolute atomic E-state index is 12.1. The number of nitrogens with zero attached hydrogens (tertiary/aromatic N) is 3. The Morgan fingerprint density at radius 2 is 1.78 bits per heavy atom. The summed E-state index contributed by atoms with van der Waals surface area (Å²) in [6.45, 7) is 4.14. The molecule has 7 nitrogen and oxygen atoms in total. The molecule has 2 N–H and O–H groups in total. The van der Waals surface area contributed by atoms with E-state index in [-0.39, 0.29) is 12.4 Å². The molecule has 0 fully saturated rings. The maximum atomic E-state index is 12.1. The number of fused-ring (bicyclic) bond motifs is 1. The number of phenols is 1. The Morgan fingerprint density at radius 1 is 1.00 bits per heavy atom. The zero-order valence-corrected chi connectivity index (χ0v) is 20.3. The van der Waals surface area contributed by atoms with Gasteiger partial charge < -0.3 is 9.84 Å². The average Bonchev–Trinajstić information content (AvgIpc) is 2.92. The summed E-state index contributed by atoms with van der Waals surface area (Å²) in [7, 11) is 0. The third-order valence-electron chi connectivity index (χ3n) is 5.88. The van der Waals surface area contributed by atoms with Gasteiger partial charge in [0.2, 0.25) is 0 Å². The van der Waals surface area contributed by atoms with Crippen molar-refractivity contribution in [2.24, 2.45) is 15.3 Å². The quantitative estimate of drug-likeness (QED) is 0.153. The van der Waals surface area contributed by atoms with E-state index in [9.17, 15) is 9.90 Å². The lowest BCUT2D eigenvalue weighted by molar-refractivity contribution is -0.123. The Balaban J connectivity index is 1.35. The first-order chi connectivity index (χ1) is 17.5. The van der Waals surface area contributed by atoms with Crippen LogP contribution in [0.1, 0.15) is 37.3 Å². The number of hydrogen-bond donors (Lipinski definition) is 2. The van der Waals surface area contributed by atoms with E-state index in [1.165, 1.54) is 17.8 Å². The first-order valence-electron chi connectivity index (χ1n) is 11.8. The van der Waals surface area contributed by atoms with E-state index < -0.39 is 5.91 Å². The predicted molar refractivity (Wildman–Crippen MR) is 143 cm³/mol. The van der Waals surface area contributed by atoms with Gasteiger partial charge in [-0.2, -0.15) is 10.2 Å². The van der Waals surface area contributed by atoms with E-state index in [1.54, 1.807) is 12.1 Å². The molecule has 0 heterocycles. The van der Waals surface area contributed by atoms with Crippen LogP contribution < -0.4 is 10.2 Å². The Labute approximate surface area is 210 Å². The van der Waals surface area contributed by atoms with E-state index in [1.807, 2.05) is 66.7 Å². The van der Waals surface area contributed by atoms with E-state index >= 15 is 0 Å². The van der Waals surface area contributed by atoms with Gasteiger partial charge in [-0.25, -0.2) is 5.43 Å². The molecule has 1 amide bonds. The van der Waals surface area contributed by atoms with Gasteiger partial charge in [-0.15, -0.1) is 5.11 Å². The van der Waals surface area contributed by atoms with E-state index in [4.69, 9.17) is 4.74 Å². The molecule has 182 valence electrons. The molecule has 0 aliphatic carbocycles. The summed E-state index contributed by atoms with van der Waals surface area (Å²) in [5.74, 6) is 0.688. The topological polar surface area (TPSA) is 95.6 Å². The first kappa shape index (κ1) is 24.6. The van der Waals surface area contributed by atoms with Crippen LogP contribution in [0.2, 0.25) is 0 Å². The van der Waals surface area contributed by atoms with Crippen LogP contribution in [0.5, 0.6) is 11.5 Å². The molecule has 0 aromatic heterocycles. The summed E-state index contributed by atoms with van der Waals surface area (Å²) in [5.41, 5.74) is 5.32. The summed E-state index contributed by atoms with van der Waals surface area (Å²) in [6.07, 6.45) is 2.41. The predicted octanol–water partition coefficient (Wildman–Crippen LogP) is 7.00. The summed E-state index contributed by atoms with van der Waals surface area (Å²) in [4.78, 5) is 12.1. The summed E-state index contributed by atoms with van der Waals surface area (Å²) in [6, 6.07) is 26.3. The fraction of sp³-hybridized carbons (Fsp3) is 0.172. The average molecular weight is 481 g/mol. The van der Waals surface area contributed by atoms with Gasteiger partial charge in [-0.1, -0.05) is 62.4 Å². The zero-order chi connectivity index (χ0) is 25.3. The number of benzene rings is 4. The lowest BCUT2D eigenvalue weighted by atomic mass is 9.99. The molecule has 1 atom stereocenters. The third-order valence-corrected chi connectivity index (χ3v) is 5.88. The Hall–Kier alpha value is -4.52. The largest absolute Gasteiger partial charge is 0.507 e. The van der Waals surface area contributed by atoms with Crippen molar-refractivity contribution in [2.45, 2.75) is 26.2 Å². The monoisotopic (exact) mass is 480 g/mol. The Bertz CT molecular complexity index is 1390. The van der Waals surface area contributed by atoms with Crippen LogP contribution in [0, 0.1) is 0 Å². The minimum atomic E-state index is -0.413. The molecule has 0 bridgehead atoms. The van der Waals surface area contributed by atoms with Gasteiger partial charge in [0.1, 0.15) is 11.5 Å². The number of aromatic hydroxyl groups is 1. The first-order valence-corrected chi connectivity index (χ1v) is 11.8. The molecule has 4 rings (SSSR count). The van der Waals surface area contributed by atoms with E-state index in [0.717, 1.165) is 22.9 Å². The van der Waals surface area contributed by atoms with Crippen LogP contribution in [-0.2, 0) is 4.79 Å². The molecule has 0 aliphatic heterocycles. The second kappa shape index (κ2) is 11.8. The van der Waals surface area contributed by atoms with Crippen LogP contribution in [0.4, 0.5) is 11.4 Å². The molecule has 4 aromatic carbocycles. The molecule has 0 radical (unpaired) electrons. The van der Waals surface area contributed by atoms with E-state index in [0.29, 0.717) is 22.9 Å². The van der Waals surface area contributed by atoms with Gasteiger partial charge in [-0.05, 0) is 59.7 Å². The van der Waals surface area contributed by atoms with Crippen molar-refractivity contribution in [3.05, 3.63) is 96.1 Å². The highest BCUT2D eigenvalue weighted by Gasteiger charge is 2.06. The fourth-order valence-electron chi connectivity index (χ4n) is 3.60. The van der Waals surface area contributed by atoms with Gasteiger partial charge in [0, 0.05) is 10.9 Å². The maximum Gasteiger partial charge on any atom is 0.277 e. The van der Waals surface area contributed by atoms with Crippen molar-refractivity contribution in [1.29, 1.82) is 0 Å². The summed E-state index contributed by atoms with van der Waals surface area (Å²) >= 11 is 0. The minimum Gasteiger partial charge on any atom is -0.507 e. The molecule has 0 saturated heterocycles. The number of carbonyl (C=O) groups is 1. The van der Waals surface area contributed by atoms with Crippen molar-refractivity contribution in [2.75, 3.05) is 6.61 Å². The Kier molecular flexibility index (Phi) is 8.03. The molecule has 0 saturated carbocycles. The van der Waals surface area contributed by atoms with Gasteiger partial charge in [0.25, 0.3) is 5.91 Å². The van der Waals surface area contributed by atoms with Crippen LogP contribution in [0.25, 0.3) is 10.8 Å². The molecule has 0 spiro atoms. The minimum absolute atomic E-state index is 0.00903. The van der Waals surface area contributed by atoms with Gasteiger partial charge in [-0.3, -0.25) is 4.79 Å². The van der Waals surface area contributed by atoms with Gasteiger partial charge in [0.05, 0.1) is 17.6 Å². The number of ether oxygens (including phenoxy) is 1. The van der Waals surface area contributed by atoms with Crippen molar-refractivity contribution in [3.63, 3.8) is 0 Å². The van der Waals surface area contributed by atoms with Crippen LogP contribution in [0.15, 0.2) is 100 Å². The molecular weight excluding hydrogens is 452 g/mol. The number of hydrogen-bond acceptors (Lipinski definition) is 6.